The number of hydrogen-bond donors (Lipinski definition) is 1. The number of benzene rings is 1. The quantitative estimate of drug-likeness (QED) is 0.915. The van der Waals surface area contributed by atoms with Crippen molar-refractivity contribution in [2.24, 2.45) is 0 Å². The minimum absolute atomic E-state index is 0.143. The van der Waals surface area contributed by atoms with E-state index in [1.807, 2.05) is 32.9 Å². The number of aryl methyl sites for hydroxylation is 1. The zero-order valence-electron chi connectivity index (χ0n) is 11.8. The number of thiazole rings is 1. The van der Waals surface area contributed by atoms with Crippen LogP contribution in [0.2, 0.25) is 0 Å². The lowest BCUT2D eigenvalue weighted by Crippen LogP contribution is -2.11. The fraction of sp³-hybridized carbons (Fsp3) is 0.333. The summed E-state index contributed by atoms with van der Waals surface area (Å²) in [7, 11) is 0. The molecule has 0 fully saturated rings. The number of nitrogens with zero attached hydrogens (tertiary/aromatic N) is 1. The van der Waals surface area contributed by atoms with E-state index in [9.17, 15) is 4.79 Å². The molecule has 4 nitrogen and oxygen atoms in total. The highest BCUT2D eigenvalue weighted by Gasteiger charge is 2.08. The molecule has 0 saturated heterocycles. The van der Waals surface area contributed by atoms with Crippen LogP contribution >= 0.6 is 11.3 Å². The molecule has 20 heavy (non-hydrogen) atoms. The molecule has 1 heterocycles. The molecular formula is C15H18N2O2S. The number of carbonyl (C=O) groups is 1. The second kappa shape index (κ2) is 6.63. The first kappa shape index (κ1) is 14.7. The number of anilines is 1. The van der Waals surface area contributed by atoms with Crippen LogP contribution in [0.5, 0.6) is 0 Å². The number of nitrogens with one attached hydrogen (secondary N) is 1. The van der Waals surface area contributed by atoms with Crippen molar-refractivity contribution >= 4 is 22.4 Å². The van der Waals surface area contributed by atoms with Gasteiger partial charge in [-0.1, -0.05) is 12.1 Å². The fourth-order valence-electron chi connectivity index (χ4n) is 1.60. The maximum Gasteiger partial charge on any atom is 0.257 e. The van der Waals surface area contributed by atoms with Gasteiger partial charge in [0.25, 0.3) is 5.91 Å². The van der Waals surface area contributed by atoms with Crippen LogP contribution in [-0.4, -0.2) is 17.0 Å². The Kier molecular flexibility index (Phi) is 4.87. The second-order valence-electron chi connectivity index (χ2n) is 4.79. The molecule has 2 aromatic rings. The van der Waals surface area contributed by atoms with E-state index in [4.69, 9.17) is 4.74 Å². The minimum atomic E-state index is -0.143. The summed E-state index contributed by atoms with van der Waals surface area (Å²) in [4.78, 5) is 17.2. The maximum atomic E-state index is 12.0. The van der Waals surface area contributed by atoms with Crippen molar-refractivity contribution in [1.82, 2.24) is 4.98 Å². The second-order valence-corrected chi connectivity index (χ2v) is 6.02. The Balaban J connectivity index is 1.96. The molecule has 1 aromatic carbocycles. The number of rotatable bonds is 5. The highest BCUT2D eigenvalue weighted by atomic mass is 32.1. The van der Waals surface area contributed by atoms with Gasteiger partial charge >= 0.3 is 0 Å². The molecule has 0 radical (unpaired) electrons. The third-order valence-electron chi connectivity index (χ3n) is 2.64. The monoisotopic (exact) mass is 290 g/mol. The molecule has 0 aliphatic rings. The van der Waals surface area contributed by atoms with Gasteiger partial charge in [0.2, 0.25) is 0 Å². The van der Waals surface area contributed by atoms with Crippen molar-refractivity contribution in [3.8, 4) is 0 Å². The molecule has 1 N–H and O–H groups in total. The highest BCUT2D eigenvalue weighted by Crippen LogP contribution is 2.17. The lowest BCUT2D eigenvalue weighted by Gasteiger charge is -2.08. The van der Waals surface area contributed by atoms with Crippen LogP contribution in [0, 0.1) is 6.92 Å². The molecule has 1 aromatic heterocycles. The first-order valence-corrected chi connectivity index (χ1v) is 7.30. The Hall–Kier alpha value is -1.72. The van der Waals surface area contributed by atoms with Crippen molar-refractivity contribution < 1.29 is 9.53 Å². The lowest BCUT2D eigenvalue weighted by atomic mass is 10.1. The smallest absolute Gasteiger partial charge is 0.257 e. The van der Waals surface area contributed by atoms with E-state index in [-0.39, 0.29) is 12.0 Å². The van der Waals surface area contributed by atoms with Crippen LogP contribution < -0.4 is 5.32 Å². The summed E-state index contributed by atoms with van der Waals surface area (Å²) in [6.07, 6.45) is 1.94. The van der Waals surface area contributed by atoms with Crippen molar-refractivity contribution in [3.05, 3.63) is 46.5 Å². The van der Waals surface area contributed by atoms with Crippen LogP contribution in [-0.2, 0) is 11.3 Å². The summed E-state index contributed by atoms with van der Waals surface area (Å²) in [6.45, 7) is 6.51. The van der Waals surface area contributed by atoms with E-state index in [1.54, 1.807) is 18.3 Å². The number of hydrogen-bond acceptors (Lipinski definition) is 4. The van der Waals surface area contributed by atoms with Gasteiger partial charge in [-0.05, 0) is 38.5 Å². The first-order chi connectivity index (χ1) is 9.54. The normalized spacial score (nSPS) is 10.8. The van der Waals surface area contributed by atoms with Gasteiger partial charge < -0.3 is 4.74 Å². The SMILES string of the molecule is Cc1cnc(NC(=O)c2ccc(COC(C)C)cc2)s1. The van der Waals surface area contributed by atoms with Crippen LogP contribution in [0.15, 0.2) is 30.5 Å². The number of carbonyl (C=O) groups excluding carboxylic acids is 1. The van der Waals surface area contributed by atoms with E-state index in [0.29, 0.717) is 17.3 Å². The minimum Gasteiger partial charge on any atom is -0.374 e. The molecule has 0 unspecified atom stereocenters. The third-order valence-corrected chi connectivity index (χ3v) is 3.47. The Bertz CT molecular complexity index is 576. The average molecular weight is 290 g/mol. The summed E-state index contributed by atoms with van der Waals surface area (Å²) < 4.78 is 5.52. The van der Waals surface area contributed by atoms with Gasteiger partial charge in [-0.25, -0.2) is 4.98 Å². The van der Waals surface area contributed by atoms with Crippen molar-refractivity contribution in [2.75, 3.05) is 5.32 Å². The molecule has 0 spiro atoms. The van der Waals surface area contributed by atoms with Gasteiger partial charge in [0.05, 0.1) is 12.7 Å². The molecule has 2 rings (SSSR count). The predicted molar refractivity (Wildman–Crippen MR) is 81.2 cm³/mol. The molecule has 0 aliphatic heterocycles. The fourth-order valence-corrected chi connectivity index (χ4v) is 2.26. The van der Waals surface area contributed by atoms with E-state index in [1.165, 1.54) is 11.3 Å². The number of aromatic nitrogens is 1. The predicted octanol–water partition coefficient (Wildman–Crippen LogP) is 3.63. The van der Waals surface area contributed by atoms with Crippen molar-refractivity contribution in [3.63, 3.8) is 0 Å². The van der Waals surface area contributed by atoms with Crippen LogP contribution in [0.1, 0.15) is 34.6 Å². The summed E-state index contributed by atoms with van der Waals surface area (Å²) in [6, 6.07) is 7.42. The molecular weight excluding hydrogens is 272 g/mol. The maximum absolute atomic E-state index is 12.0. The Morgan fingerprint density at radius 2 is 2.05 bits per heavy atom. The van der Waals surface area contributed by atoms with Gasteiger partial charge in [0, 0.05) is 16.6 Å². The standard InChI is InChI=1S/C15H18N2O2S/c1-10(2)19-9-12-4-6-13(7-5-12)14(18)17-15-16-8-11(3)20-15/h4-8,10H,9H2,1-3H3,(H,16,17,18). The van der Waals surface area contributed by atoms with Crippen LogP contribution in [0.25, 0.3) is 0 Å². The Labute approximate surface area is 122 Å². The topological polar surface area (TPSA) is 51.2 Å². The van der Waals surface area contributed by atoms with Gasteiger partial charge in [-0.2, -0.15) is 0 Å². The van der Waals surface area contributed by atoms with Gasteiger partial charge in [0.1, 0.15) is 0 Å². The van der Waals surface area contributed by atoms with E-state index in [2.05, 4.69) is 10.3 Å². The highest BCUT2D eigenvalue weighted by molar-refractivity contribution is 7.15. The van der Waals surface area contributed by atoms with Gasteiger partial charge in [0.15, 0.2) is 5.13 Å². The average Bonchev–Trinajstić information content (AvgIpc) is 2.82. The Morgan fingerprint density at radius 1 is 1.35 bits per heavy atom. The van der Waals surface area contributed by atoms with E-state index >= 15 is 0 Å². The molecule has 0 aliphatic carbocycles. The zero-order chi connectivity index (χ0) is 14.5. The van der Waals surface area contributed by atoms with Crippen molar-refractivity contribution in [1.29, 1.82) is 0 Å². The number of amides is 1. The molecule has 5 heteroatoms. The van der Waals surface area contributed by atoms with Crippen molar-refractivity contribution in [2.45, 2.75) is 33.5 Å². The summed E-state index contributed by atoms with van der Waals surface area (Å²) in [5, 5.41) is 3.41. The van der Waals surface area contributed by atoms with Crippen LogP contribution in [0.4, 0.5) is 5.13 Å². The first-order valence-electron chi connectivity index (χ1n) is 6.49. The van der Waals surface area contributed by atoms with Gasteiger partial charge in [-0.15, -0.1) is 11.3 Å². The molecule has 0 saturated carbocycles. The van der Waals surface area contributed by atoms with Gasteiger partial charge in [-0.3, -0.25) is 10.1 Å². The summed E-state index contributed by atoms with van der Waals surface area (Å²) >= 11 is 1.46. The van der Waals surface area contributed by atoms with Crippen LogP contribution in [0.3, 0.4) is 0 Å². The molecule has 1 amide bonds. The zero-order valence-corrected chi connectivity index (χ0v) is 12.7. The molecule has 0 atom stereocenters. The van der Waals surface area contributed by atoms with E-state index < -0.39 is 0 Å². The third kappa shape index (κ3) is 4.15. The molecule has 0 bridgehead atoms. The van der Waals surface area contributed by atoms with E-state index in [0.717, 1.165) is 10.4 Å². The summed E-state index contributed by atoms with van der Waals surface area (Å²) in [5.74, 6) is -0.143. The number of ether oxygens (including phenoxy) is 1. The largest absolute Gasteiger partial charge is 0.374 e. The molecule has 106 valence electrons. The summed E-state index contributed by atoms with van der Waals surface area (Å²) in [5.41, 5.74) is 1.67. The Morgan fingerprint density at radius 3 is 2.60 bits per heavy atom. The lowest BCUT2D eigenvalue weighted by molar-refractivity contribution is 0.0657.